The number of hydrogen-bond acceptors (Lipinski definition) is 3. The Labute approximate surface area is 120 Å². The summed E-state index contributed by atoms with van der Waals surface area (Å²) in [5.74, 6) is 0.764. The quantitative estimate of drug-likeness (QED) is 0.787. The fourth-order valence-electron chi connectivity index (χ4n) is 2.11. The molecule has 0 amide bonds. The lowest BCUT2D eigenvalue weighted by molar-refractivity contribution is 0.415. The molecule has 0 radical (unpaired) electrons. The molecule has 1 heterocycles. The van der Waals surface area contributed by atoms with E-state index < -0.39 is 0 Å². The van der Waals surface area contributed by atoms with Gasteiger partial charge in [0.15, 0.2) is 0 Å². The van der Waals surface area contributed by atoms with Gasteiger partial charge in [-0.05, 0) is 42.5 Å². The monoisotopic (exact) mass is 286 g/mol. The predicted molar refractivity (Wildman–Crippen MR) is 79.4 cm³/mol. The zero-order chi connectivity index (χ0) is 14.1. The second-order valence-corrected chi connectivity index (χ2v) is 4.76. The molecule has 0 saturated carbocycles. The molecule has 0 fully saturated rings. The summed E-state index contributed by atoms with van der Waals surface area (Å²) in [5.41, 5.74) is 1.34. The summed E-state index contributed by atoms with van der Waals surface area (Å²) in [6.07, 6.45) is 0. The van der Waals surface area contributed by atoms with Crippen LogP contribution in [0.3, 0.4) is 0 Å². The van der Waals surface area contributed by atoms with Crippen molar-refractivity contribution in [1.29, 1.82) is 0 Å². The number of aromatic nitrogens is 2. The first-order valence-electron chi connectivity index (χ1n) is 6.01. The summed E-state index contributed by atoms with van der Waals surface area (Å²) in [4.78, 5) is 11.8. The maximum absolute atomic E-state index is 11.8. The summed E-state index contributed by atoms with van der Waals surface area (Å²) in [6, 6.07) is 12.6. The lowest BCUT2D eigenvalue weighted by atomic mass is 10.1. The number of nitrogens with one attached hydrogen (secondary N) is 1. The first kappa shape index (κ1) is 12.7. The summed E-state index contributed by atoms with van der Waals surface area (Å²) in [6.45, 7) is 0. The maximum Gasteiger partial charge on any atom is 0.272 e. The minimum Gasteiger partial charge on any atom is -0.497 e. The van der Waals surface area contributed by atoms with E-state index in [0.29, 0.717) is 16.1 Å². The molecule has 2 aromatic carbocycles. The summed E-state index contributed by atoms with van der Waals surface area (Å²) in [7, 11) is 1.61. The van der Waals surface area contributed by atoms with Gasteiger partial charge in [-0.3, -0.25) is 4.79 Å². The van der Waals surface area contributed by atoms with Crippen LogP contribution in [0.1, 0.15) is 0 Å². The van der Waals surface area contributed by atoms with Crippen molar-refractivity contribution in [2.45, 2.75) is 0 Å². The van der Waals surface area contributed by atoms with Crippen LogP contribution in [0.15, 0.2) is 47.3 Å². The number of benzene rings is 2. The molecule has 0 atom stereocenters. The molecule has 5 heteroatoms. The van der Waals surface area contributed by atoms with Crippen LogP contribution < -0.4 is 10.3 Å². The molecular formula is C15H11ClN2O2. The van der Waals surface area contributed by atoms with Crippen molar-refractivity contribution in [3.63, 3.8) is 0 Å². The molecule has 4 nitrogen and oxygen atoms in total. The second kappa shape index (κ2) is 4.98. The lowest BCUT2D eigenvalue weighted by Crippen LogP contribution is -2.09. The third-order valence-electron chi connectivity index (χ3n) is 3.11. The molecular weight excluding hydrogens is 276 g/mol. The summed E-state index contributed by atoms with van der Waals surface area (Å²) < 4.78 is 5.13. The second-order valence-electron chi connectivity index (χ2n) is 4.32. The van der Waals surface area contributed by atoms with E-state index in [9.17, 15) is 4.79 Å². The zero-order valence-corrected chi connectivity index (χ0v) is 11.4. The molecule has 3 aromatic rings. The molecule has 100 valence electrons. The van der Waals surface area contributed by atoms with Crippen LogP contribution in [0.25, 0.3) is 22.0 Å². The number of ether oxygens (including phenoxy) is 1. The molecule has 1 aromatic heterocycles. The van der Waals surface area contributed by atoms with Crippen molar-refractivity contribution in [3.05, 3.63) is 57.8 Å². The number of rotatable bonds is 2. The largest absolute Gasteiger partial charge is 0.497 e. The minimum atomic E-state index is -0.228. The highest BCUT2D eigenvalue weighted by Gasteiger charge is 2.09. The van der Waals surface area contributed by atoms with Gasteiger partial charge in [0, 0.05) is 16.0 Å². The van der Waals surface area contributed by atoms with Gasteiger partial charge in [0.25, 0.3) is 5.56 Å². The molecule has 20 heavy (non-hydrogen) atoms. The Morgan fingerprint density at radius 3 is 2.55 bits per heavy atom. The fourth-order valence-corrected chi connectivity index (χ4v) is 2.28. The van der Waals surface area contributed by atoms with E-state index in [1.54, 1.807) is 25.3 Å². The van der Waals surface area contributed by atoms with Crippen molar-refractivity contribution < 1.29 is 4.74 Å². The van der Waals surface area contributed by atoms with Crippen LogP contribution in [0, 0.1) is 0 Å². The standard InChI is InChI=1S/C15H11ClN2O2/c1-20-11-5-2-9(3-6-11)14-13-8-10(16)4-7-12(13)15(19)18-17-14/h2-8H,1H3,(H,18,19). The van der Waals surface area contributed by atoms with Gasteiger partial charge in [0.05, 0.1) is 18.2 Å². The van der Waals surface area contributed by atoms with E-state index in [2.05, 4.69) is 10.2 Å². The molecule has 0 aliphatic heterocycles. The van der Waals surface area contributed by atoms with E-state index in [1.165, 1.54) is 0 Å². The first-order valence-corrected chi connectivity index (χ1v) is 6.39. The van der Waals surface area contributed by atoms with Crippen molar-refractivity contribution in [3.8, 4) is 17.0 Å². The number of aromatic amines is 1. The summed E-state index contributed by atoms with van der Waals surface area (Å²) >= 11 is 6.02. The number of hydrogen-bond donors (Lipinski definition) is 1. The van der Waals surface area contributed by atoms with E-state index >= 15 is 0 Å². The number of methoxy groups -OCH3 is 1. The van der Waals surface area contributed by atoms with Crippen LogP contribution in [0.5, 0.6) is 5.75 Å². The van der Waals surface area contributed by atoms with E-state index in [-0.39, 0.29) is 5.56 Å². The number of fused-ring (bicyclic) bond motifs is 1. The van der Waals surface area contributed by atoms with Crippen molar-refractivity contribution >= 4 is 22.4 Å². The van der Waals surface area contributed by atoms with Crippen molar-refractivity contribution in [2.24, 2.45) is 0 Å². The highest BCUT2D eigenvalue weighted by atomic mass is 35.5. The molecule has 0 aliphatic carbocycles. The third-order valence-corrected chi connectivity index (χ3v) is 3.35. The smallest absolute Gasteiger partial charge is 0.272 e. The molecule has 0 bridgehead atoms. The van der Waals surface area contributed by atoms with E-state index in [1.807, 2.05) is 24.3 Å². The Morgan fingerprint density at radius 1 is 1.10 bits per heavy atom. The highest BCUT2D eigenvalue weighted by Crippen LogP contribution is 2.27. The molecule has 0 spiro atoms. The first-order chi connectivity index (χ1) is 9.69. The maximum atomic E-state index is 11.8. The Morgan fingerprint density at radius 2 is 1.85 bits per heavy atom. The predicted octanol–water partition coefficient (Wildman–Crippen LogP) is 3.25. The van der Waals surface area contributed by atoms with Gasteiger partial charge in [0.1, 0.15) is 5.75 Å². The highest BCUT2D eigenvalue weighted by molar-refractivity contribution is 6.31. The van der Waals surface area contributed by atoms with Gasteiger partial charge in [-0.2, -0.15) is 5.10 Å². The molecule has 3 rings (SSSR count). The van der Waals surface area contributed by atoms with Gasteiger partial charge >= 0.3 is 0 Å². The minimum absolute atomic E-state index is 0.228. The van der Waals surface area contributed by atoms with Crippen LogP contribution >= 0.6 is 11.6 Å². The summed E-state index contributed by atoms with van der Waals surface area (Å²) in [5, 5.41) is 8.51. The normalized spacial score (nSPS) is 10.7. The van der Waals surface area contributed by atoms with Gasteiger partial charge in [-0.1, -0.05) is 11.6 Å². The van der Waals surface area contributed by atoms with Crippen molar-refractivity contribution in [2.75, 3.05) is 7.11 Å². The molecule has 1 N–H and O–H groups in total. The van der Waals surface area contributed by atoms with E-state index in [4.69, 9.17) is 16.3 Å². The Balaban J connectivity index is 2.27. The Bertz CT molecular complexity index is 825. The van der Waals surface area contributed by atoms with Crippen LogP contribution in [0.4, 0.5) is 0 Å². The Hall–Kier alpha value is -2.33. The fraction of sp³-hybridized carbons (Fsp3) is 0.0667. The van der Waals surface area contributed by atoms with Gasteiger partial charge < -0.3 is 4.74 Å². The van der Waals surface area contributed by atoms with Gasteiger partial charge in [-0.25, -0.2) is 5.10 Å². The molecule has 0 saturated heterocycles. The average Bonchev–Trinajstić information content (AvgIpc) is 2.48. The molecule has 0 aliphatic rings. The van der Waals surface area contributed by atoms with Gasteiger partial charge in [0.2, 0.25) is 0 Å². The van der Waals surface area contributed by atoms with Gasteiger partial charge in [-0.15, -0.1) is 0 Å². The lowest BCUT2D eigenvalue weighted by Gasteiger charge is -2.06. The van der Waals surface area contributed by atoms with E-state index in [0.717, 1.165) is 16.7 Å². The average molecular weight is 287 g/mol. The van der Waals surface area contributed by atoms with Crippen LogP contribution in [0.2, 0.25) is 5.02 Å². The number of H-pyrrole nitrogens is 1. The Kier molecular flexibility index (Phi) is 3.16. The molecule has 0 unspecified atom stereocenters. The SMILES string of the molecule is COc1ccc(-c2n[nH]c(=O)c3ccc(Cl)cc23)cc1. The number of nitrogens with zero attached hydrogens (tertiary/aromatic N) is 1. The number of halogens is 1. The van der Waals surface area contributed by atoms with Crippen molar-refractivity contribution in [1.82, 2.24) is 10.2 Å². The third kappa shape index (κ3) is 2.14. The van der Waals surface area contributed by atoms with Crippen LogP contribution in [-0.2, 0) is 0 Å². The zero-order valence-electron chi connectivity index (χ0n) is 10.7. The van der Waals surface area contributed by atoms with Crippen LogP contribution in [-0.4, -0.2) is 17.3 Å². The topological polar surface area (TPSA) is 55.0 Å².